The molecule has 1 unspecified atom stereocenters. The quantitative estimate of drug-likeness (QED) is 0.793. The highest BCUT2D eigenvalue weighted by Crippen LogP contribution is 2.10. The summed E-state index contributed by atoms with van der Waals surface area (Å²) in [6.45, 7) is 5.50. The van der Waals surface area contributed by atoms with E-state index in [-0.39, 0.29) is 5.97 Å². The van der Waals surface area contributed by atoms with Crippen LogP contribution in [0, 0.1) is 0 Å². The highest BCUT2D eigenvalue weighted by molar-refractivity contribution is 5.76. The van der Waals surface area contributed by atoms with Gasteiger partial charge >= 0.3 is 5.97 Å². The lowest BCUT2D eigenvalue weighted by atomic mass is 10.1. The van der Waals surface area contributed by atoms with E-state index in [1.54, 1.807) is 0 Å². The third-order valence-corrected chi connectivity index (χ3v) is 2.01. The van der Waals surface area contributed by atoms with E-state index in [0.29, 0.717) is 6.42 Å². The molecular formula is C13H19NO2. The Bertz CT molecular complexity index is 341. The van der Waals surface area contributed by atoms with E-state index in [0.717, 1.165) is 5.56 Å². The molecule has 1 atom stereocenters. The third kappa shape index (κ3) is 4.45. The second kappa shape index (κ2) is 5.12. The first-order valence-electron chi connectivity index (χ1n) is 5.41. The smallest absolute Gasteiger partial charge is 0.323 e. The first kappa shape index (κ1) is 12.7. The molecule has 0 fully saturated rings. The zero-order valence-corrected chi connectivity index (χ0v) is 10.1. The monoisotopic (exact) mass is 221 g/mol. The molecule has 0 aliphatic carbocycles. The van der Waals surface area contributed by atoms with Crippen molar-refractivity contribution in [1.82, 2.24) is 0 Å². The van der Waals surface area contributed by atoms with Gasteiger partial charge in [-0.05, 0) is 32.8 Å². The summed E-state index contributed by atoms with van der Waals surface area (Å²) in [5, 5.41) is 0. The minimum absolute atomic E-state index is 0.351. The van der Waals surface area contributed by atoms with Gasteiger partial charge in [0.05, 0.1) is 0 Å². The summed E-state index contributed by atoms with van der Waals surface area (Å²) in [5.41, 5.74) is 6.34. The van der Waals surface area contributed by atoms with Gasteiger partial charge in [0.15, 0.2) is 0 Å². The summed E-state index contributed by atoms with van der Waals surface area (Å²) in [7, 11) is 0. The van der Waals surface area contributed by atoms with Crippen molar-refractivity contribution < 1.29 is 9.53 Å². The van der Waals surface area contributed by atoms with E-state index >= 15 is 0 Å². The first-order valence-corrected chi connectivity index (χ1v) is 5.41. The zero-order valence-electron chi connectivity index (χ0n) is 10.1. The molecule has 3 nitrogen and oxygen atoms in total. The molecule has 0 heterocycles. The Morgan fingerprint density at radius 2 is 1.88 bits per heavy atom. The Balaban J connectivity index is 2.53. The van der Waals surface area contributed by atoms with Crippen molar-refractivity contribution in [2.24, 2.45) is 5.73 Å². The number of hydrogen-bond acceptors (Lipinski definition) is 3. The van der Waals surface area contributed by atoms with E-state index < -0.39 is 11.6 Å². The fourth-order valence-electron chi connectivity index (χ4n) is 1.33. The molecular weight excluding hydrogens is 202 g/mol. The molecule has 0 aliphatic heterocycles. The van der Waals surface area contributed by atoms with Gasteiger partial charge in [-0.25, -0.2) is 0 Å². The van der Waals surface area contributed by atoms with Crippen molar-refractivity contribution in [2.75, 3.05) is 0 Å². The predicted molar refractivity (Wildman–Crippen MR) is 64.0 cm³/mol. The van der Waals surface area contributed by atoms with E-state index in [1.807, 2.05) is 51.1 Å². The number of benzene rings is 1. The fraction of sp³-hybridized carbons (Fsp3) is 0.462. The molecule has 1 aromatic carbocycles. The van der Waals surface area contributed by atoms with E-state index in [2.05, 4.69) is 0 Å². The van der Waals surface area contributed by atoms with Crippen molar-refractivity contribution in [3.8, 4) is 0 Å². The second-order valence-electron chi connectivity index (χ2n) is 4.83. The van der Waals surface area contributed by atoms with E-state index in [9.17, 15) is 4.79 Å². The molecule has 1 aromatic rings. The largest absolute Gasteiger partial charge is 0.459 e. The Hall–Kier alpha value is -1.35. The average Bonchev–Trinajstić information content (AvgIpc) is 2.16. The van der Waals surface area contributed by atoms with Crippen LogP contribution in [0.3, 0.4) is 0 Å². The van der Waals surface area contributed by atoms with Gasteiger partial charge in [0.1, 0.15) is 11.6 Å². The molecule has 0 radical (unpaired) electrons. The highest BCUT2D eigenvalue weighted by Gasteiger charge is 2.22. The fourth-order valence-corrected chi connectivity index (χ4v) is 1.33. The van der Waals surface area contributed by atoms with Crippen molar-refractivity contribution >= 4 is 5.97 Å². The Morgan fingerprint density at radius 3 is 2.38 bits per heavy atom. The van der Waals surface area contributed by atoms with E-state index in [1.165, 1.54) is 0 Å². The summed E-state index contributed by atoms with van der Waals surface area (Å²) in [6.07, 6.45) is 0.510. The van der Waals surface area contributed by atoms with Crippen molar-refractivity contribution in [3.05, 3.63) is 35.9 Å². The first-order chi connectivity index (χ1) is 7.38. The van der Waals surface area contributed by atoms with Gasteiger partial charge in [-0.2, -0.15) is 0 Å². The van der Waals surface area contributed by atoms with Crippen LogP contribution in [0.25, 0.3) is 0 Å². The molecule has 0 amide bonds. The highest BCUT2D eigenvalue weighted by atomic mass is 16.6. The molecule has 16 heavy (non-hydrogen) atoms. The number of ether oxygens (including phenoxy) is 1. The van der Waals surface area contributed by atoms with Crippen LogP contribution in [0.5, 0.6) is 0 Å². The number of esters is 1. The third-order valence-electron chi connectivity index (χ3n) is 2.01. The van der Waals surface area contributed by atoms with Crippen LogP contribution >= 0.6 is 0 Å². The minimum atomic E-state index is -0.596. The lowest BCUT2D eigenvalue weighted by molar-refractivity contribution is -0.156. The van der Waals surface area contributed by atoms with Crippen molar-refractivity contribution in [3.63, 3.8) is 0 Å². The van der Waals surface area contributed by atoms with Crippen LogP contribution in [0.2, 0.25) is 0 Å². The maximum atomic E-state index is 11.6. The molecule has 0 saturated heterocycles. The summed E-state index contributed by atoms with van der Waals surface area (Å²) in [4.78, 5) is 11.6. The Kier molecular flexibility index (Phi) is 4.07. The van der Waals surface area contributed by atoms with Crippen LogP contribution in [-0.4, -0.2) is 17.6 Å². The van der Waals surface area contributed by atoms with Gasteiger partial charge in [0.2, 0.25) is 0 Å². The van der Waals surface area contributed by atoms with Gasteiger partial charge in [-0.15, -0.1) is 0 Å². The number of hydrogen-bond donors (Lipinski definition) is 1. The molecule has 0 aliphatic rings. The average molecular weight is 221 g/mol. The Labute approximate surface area is 96.6 Å². The number of nitrogens with two attached hydrogens (primary N) is 1. The molecule has 0 saturated carbocycles. The molecule has 3 heteroatoms. The summed E-state index contributed by atoms with van der Waals surface area (Å²) >= 11 is 0. The Morgan fingerprint density at radius 1 is 1.31 bits per heavy atom. The molecule has 0 aromatic heterocycles. The standard InChI is InChI=1S/C13H19NO2/c1-13(2,3)16-12(15)11(14)9-10-7-5-4-6-8-10/h4-8,11H,9,14H2,1-3H3. The normalized spacial score (nSPS) is 13.2. The predicted octanol–water partition coefficient (Wildman–Crippen LogP) is 1.90. The van der Waals surface area contributed by atoms with Gasteiger partial charge in [-0.1, -0.05) is 30.3 Å². The van der Waals surface area contributed by atoms with Gasteiger partial charge < -0.3 is 10.5 Å². The zero-order chi connectivity index (χ0) is 12.2. The van der Waals surface area contributed by atoms with Gasteiger partial charge in [0.25, 0.3) is 0 Å². The molecule has 88 valence electrons. The van der Waals surface area contributed by atoms with Crippen molar-refractivity contribution in [2.45, 2.75) is 38.8 Å². The maximum Gasteiger partial charge on any atom is 0.323 e. The van der Waals surface area contributed by atoms with Crippen LogP contribution in [-0.2, 0) is 16.0 Å². The number of rotatable bonds is 3. The van der Waals surface area contributed by atoms with Gasteiger partial charge in [0, 0.05) is 0 Å². The second-order valence-corrected chi connectivity index (χ2v) is 4.83. The molecule has 0 bridgehead atoms. The molecule has 2 N–H and O–H groups in total. The summed E-state index contributed by atoms with van der Waals surface area (Å²) < 4.78 is 5.21. The van der Waals surface area contributed by atoms with Crippen LogP contribution < -0.4 is 5.73 Å². The minimum Gasteiger partial charge on any atom is -0.459 e. The summed E-state index contributed by atoms with van der Waals surface area (Å²) in [6, 6.07) is 9.09. The topological polar surface area (TPSA) is 52.3 Å². The number of carbonyl (C=O) groups excluding carboxylic acids is 1. The van der Waals surface area contributed by atoms with E-state index in [4.69, 9.17) is 10.5 Å². The van der Waals surface area contributed by atoms with Crippen LogP contribution in [0.1, 0.15) is 26.3 Å². The number of carbonyl (C=O) groups is 1. The lowest BCUT2D eigenvalue weighted by Gasteiger charge is -2.22. The molecule has 0 spiro atoms. The summed E-state index contributed by atoms with van der Waals surface area (Å²) in [5.74, 6) is -0.351. The van der Waals surface area contributed by atoms with Crippen LogP contribution in [0.4, 0.5) is 0 Å². The maximum absolute atomic E-state index is 11.6. The van der Waals surface area contributed by atoms with Crippen molar-refractivity contribution in [1.29, 1.82) is 0 Å². The van der Waals surface area contributed by atoms with Crippen LogP contribution in [0.15, 0.2) is 30.3 Å². The van der Waals surface area contributed by atoms with Gasteiger partial charge in [-0.3, -0.25) is 4.79 Å². The SMILES string of the molecule is CC(C)(C)OC(=O)C(N)Cc1ccccc1. The lowest BCUT2D eigenvalue weighted by Crippen LogP contribution is -2.38. The molecule has 1 rings (SSSR count).